The third-order valence-electron chi connectivity index (χ3n) is 11.2. The highest BCUT2D eigenvalue weighted by Crippen LogP contribution is 2.77. The lowest BCUT2D eigenvalue weighted by Crippen LogP contribution is -2.58. The van der Waals surface area contributed by atoms with E-state index in [4.69, 9.17) is 20.0 Å². The number of aliphatic hydroxyl groups is 1. The van der Waals surface area contributed by atoms with Crippen LogP contribution in [0.4, 0.5) is 0 Å². The summed E-state index contributed by atoms with van der Waals surface area (Å²) in [5, 5.41) is 18.5. The number of hydrogen-bond donors (Lipinski definition) is 3. The van der Waals surface area contributed by atoms with Crippen LogP contribution in [0.5, 0.6) is 0 Å². The highest BCUT2D eigenvalue weighted by Gasteiger charge is 2.80. The third-order valence-corrected chi connectivity index (χ3v) is 11.2. The standard InChI is InChI=1S/C24H32O4.C6H13NO2/c1-22-9-7-16(25)11-15(22)4-5-18-17(22)8-10-23(2)19(12-20-24(18,23)28-20)14-3-6-21(26)27-13-14;1-4(2)3-5(7)6(8)9/h3,6,13,15-20,25H,4-5,7-12H2,1-2H3;4-5H,3,7H2,1-2H3,(H,8,9)/t15-,16+,17+,18-,19-,20-,22+,23-,24-;5-/m10/s1. The fourth-order valence-corrected chi connectivity index (χ4v) is 9.35. The lowest BCUT2D eigenvalue weighted by atomic mass is 9.44. The maximum absolute atomic E-state index is 11.4. The largest absolute Gasteiger partial charge is 0.480 e. The van der Waals surface area contributed by atoms with E-state index in [1.54, 1.807) is 12.3 Å². The molecule has 0 aromatic carbocycles. The van der Waals surface area contributed by atoms with E-state index in [0.29, 0.717) is 41.6 Å². The number of nitrogens with two attached hydrogens (primary N) is 1. The van der Waals surface area contributed by atoms with Crippen LogP contribution < -0.4 is 11.4 Å². The van der Waals surface area contributed by atoms with E-state index in [1.165, 1.54) is 37.7 Å². The molecule has 0 amide bonds. The van der Waals surface area contributed by atoms with Crippen LogP contribution in [0.25, 0.3) is 0 Å². The number of aliphatic hydroxyl groups excluding tert-OH is 1. The first-order valence-corrected chi connectivity index (χ1v) is 14.4. The predicted octanol–water partition coefficient (Wildman–Crippen LogP) is 4.70. The molecule has 1 spiro atoms. The highest BCUT2D eigenvalue weighted by molar-refractivity contribution is 5.72. The number of epoxide rings is 1. The molecule has 1 aromatic rings. The number of carboxylic acids is 1. The first-order chi connectivity index (χ1) is 17.4. The number of carboxylic acid groups (broad SMARTS) is 1. The summed E-state index contributed by atoms with van der Waals surface area (Å²) in [6, 6.07) is 2.86. The van der Waals surface area contributed by atoms with Crippen molar-refractivity contribution in [3.05, 3.63) is 34.4 Å². The van der Waals surface area contributed by atoms with E-state index in [1.807, 2.05) is 19.9 Å². The zero-order chi connectivity index (χ0) is 26.8. The van der Waals surface area contributed by atoms with E-state index >= 15 is 0 Å². The summed E-state index contributed by atoms with van der Waals surface area (Å²) >= 11 is 0. The van der Waals surface area contributed by atoms with Gasteiger partial charge in [-0.3, -0.25) is 4.79 Å². The Balaban J connectivity index is 0.000000270. The second kappa shape index (κ2) is 9.49. The number of hydrogen-bond acceptors (Lipinski definition) is 6. The van der Waals surface area contributed by atoms with Gasteiger partial charge in [0.05, 0.1) is 18.5 Å². The van der Waals surface area contributed by atoms with Gasteiger partial charge in [-0.05, 0) is 104 Å². The summed E-state index contributed by atoms with van der Waals surface area (Å²) in [6.07, 6.45) is 11.7. The maximum Gasteiger partial charge on any atom is 0.335 e. The lowest BCUT2D eigenvalue weighted by molar-refractivity contribution is -0.139. The summed E-state index contributed by atoms with van der Waals surface area (Å²) in [6.45, 7) is 8.87. The number of ether oxygens (including phenoxy) is 1. The van der Waals surface area contributed by atoms with Gasteiger partial charge in [0, 0.05) is 11.5 Å². The van der Waals surface area contributed by atoms with Crippen LogP contribution in [-0.4, -0.2) is 40.0 Å². The maximum atomic E-state index is 11.4. The molecule has 7 heteroatoms. The minimum Gasteiger partial charge on any atom is -0.480 e. The lowest BCUT2D eigenvalue weighted by Gasteiger charge is -2.61. The van der Waals surface area contributed by atoms with Gasteiger partial charge in [-0.1, -0.05) is 27.7 Å². The normalized spacial score (nSPS) is 44.4. The quantitative estimate of drug-likeness (QED) is 0.496. The van der Waals surface area contributed by atoms with E-state index in [-0.39, 0.29) is 22.7 Å². The number of carbonyl (C=O) groups is 1. The molecule has 4 saturated carbocycles. The first kappa shape index (κ1) is 26.9. The number of rotatable bonds is 4. The van der Waals surface area contributed by atoms with Crippen LogP contribution in [-0.2, 0) is 9.53 Å². The molecule has 0 bridgehead atoms. The zero-order valence-electron chi connectivity index (χ0n) is 22.8. The molecule has 1 saturated heterocycles. The fraction of sp³-hybridized carbons (Fsp3) is 0.800. The molecule has 1 aromatic heterocycles. The molecule has 37 heavy (non-hydrogen) atoms. The van der Waals surface area contributed by atoms with Crippen molar-refractivity contribution in [2.75, 3.05) is 0 Å². The Morgan fingerprint density at radius 2 is 1.86 bits per heavy atom. The molecule has 0 unspecified atom stereocenters. The van der Waals surface area contributed by atoms with Crippen LogP contribution in [0.15, 0.2) is 27.6 Å². The number of fused-ring (bicyclic) bond motifs is 3. The van der Waals surface area contributed by atoms with Crippen molar-refractivity contribution in [1.82, 2.24) is 0 Å². The summed E-state index contributed by atoms with van der Waals surface area (Å²) in [5.41, 5.74) is 6.66. The Morgan fingerprint density at radius 3 is 2.49 bits per heavy atom. The average Bonchev–Trinajstić information content (AvgIpc) is 3.50. The molecule has 10 atom stereocenters. The Bertz CT molecular complexity index is 1050. The van der Waals surface area contributed by atoms with Crippen molar-refractivity contribution < 1.29 is 24.2 Å². The van der Waals surface area contributed by atoms with Crippen molar-refractivity contribution in [2.24, 2.45) is 40.2 Å². The summed E-state index contributed by atoms with van der Waals surface area (Å²) in [4.78, 5) is 21.6. The minimum atomic E-state index is -0.913. The molecule has 5 fully saturated rings. The molecule has 5 aliphatic rings. The van der Waals surface area contributed by atoms with E-state index in [0.717, 1.165) is 25.2 Å². The van der Waals surface area contributed by atoms with Crippen molar-refractivity contribution in [3.8, 4) is 0 Å². The van der Waals surface area contributed by atoms with Crippen LogP contribution in [0.3, 0.4) is 0 Å². The van der Waals surface area contributed by atoms with Crippen LogP contribution >= 0.6 is 0 Å². The Labute approximate surface area is 220 Å². The van der Waals surface area contributed by atoms with Crippen molar-refractivity contribution >= 4 is 5.97 Å². The molecule has 4 N–H and O–H groups in total. The molecular weight excluding hydrogens is 470 g/mol. The summed E-state index contributed by atoms with van der Waals surface area (Å²) < 4.78 is 11.8. The highest BCUT2D eigenvalue weighted by atomic mass is 16.6. The van der Waals surface area contributed by atoms with Gasteiger partial charge in [-0.15, -0.1) is 0 Å². The summed E-state index contributed by atoms with van der Waals surface area (Å²) in [7, 11) is 0. The molecular formula is C30H45NO6. The summed E-state index contributed by atoms with van der Waals surface area (Å²) in [5.74, 6) is 1.92. The van der Waals surface area contributed by atoms with Gasteiger partial charge >= 0.3 is 11.6 Å². The average molecular weight is 516 g/mol. The third kappa shape index (κ3) is 4.29. The molecule has 0 radical (unpaired) electrons. The van der Waals surface area contributed by atoms with Crippen LogP contribution in [0.2, 0.25) is 0 Å². The second-order valence-corrected chi connectivity index (χ2v) is 13.5. The van der Waals surface area contributed by atoms with Gasteiger partial charge in [0.1, 0.15) is 11.6 Å². The minimum absolute atomic E-state index is 0.0285. The van der Waals surface area contributed by atoms with Gasteiger partial charge in [0.2, 0.25) is 0 Å². The Kier molecular flexibility index (Phi) is 6.90. The van der Waals surface area contributed by atoms with Crippen molar-refractivity contribution in [1.29, 1.82) is 0 Å². The fourth-order valence-electron chi connectivity index (χ4n) is 9.35. The second-order valence-electron chi connectivity index (χ2n) is 13.5. The van der Waals surface area contributed by atoms with E-state index < -0.39 is 12.0 Å². The van der Waals surface area contributed by atoms with Crippen LogP contribution in [0.1, 0.15) is 97.0 Å². The zero-order valence-corrected chi connectivity index (χ0v) is 22.8. The Hall–Kier alpha value is -1.70. The molecule has 4 aliphatic carbocycles. The van der Waals surface area contributed by atoms with Gasteiger partial charge in [-0.2, -0.15) is 0 Å². The van der Waals surface area contributed by atoms with Gasteiger partial charge in [0.15, 0.2) is 0 Å². The van der Waals surface area contributed by atoms with Crippen molar-refractivity contribution in [2.45, 2.75) is 115 Å². The molecule has 1 aliphatic heterocycles. The predicted molar refractivity (Wildman–Crippen MR) is 140 cm³/mol. The SMILES string of the molecule is CC(C)C[C@H](N)C(=O)O.C[C@]12CC[C@H](O)C[C@H]1CC[C@@H]1[C@@H]2CC[C@]2(C)[C@@H](c3ccc(=O)oc3)C[C@H]3O[C@]132. The molecule has 206 valence electrons. The van der Waals surface area contributed by atoms with Gasteiger partial charge < -0.3 is 25.1 Å². The Morgan fingerprint density at radius 1 is 1.11 bits per heavy atom. The van der Waals surface area contributed by atoms with E-state index in [9.17, 15) is 14.7 Å². The monoisotopic (exact) mass is 515 g/mol. The van der Waals surface area contributed by atoms with Crippen LogP contribution in [0, 0.1) is 34.5 Å². The first-order valence-electron chi connectivity index (χ1n) is 14.4. The van der Waals surface area contributed by atoms with E-state index in [2.05, 4.69) is 13.8 Å². The van der Waals surface area contributed by atoms with Gasteiger partial charge in [0.25, 0.3) is 0 Å². The molecule has 2 heterocycles. The topological polar surface area (TPSA) is 126 Å². The van der Waals surface area contributed by atoms with Crippen molar-refractivity contribution in [3.63, 3.8) is 0 Å². The number of aliphatic carboxylic acids is 1. The molecule has 7 nitrogen and oxygen atoms in total. The smallest absolute Gasteiger partial charge is 0.335 e. The molecule has 6 rings (SSSR count). The van der Waals surface area contributed by atoms with Gasteiger partial charge in [-0.25, -0.2) is 4.79 Å².